The number of hydrogen-bond acceptors (Lipinski definition) is 3. The lowest BCUT2D eigenvalue weighted by atomic mass is 9.78. The van der Waals surface area contributed by atoms with Gasteiger partial charge in [0.15, 0.2) is 6.29 Å². The van der Waals surface area contributed by atoms with Gasteiger partial charge in [0.25, 0.3) is 6.08 Å². The van der Waals surface area contributed by atoms with Gasteiger partial charge in [-0.15, -0.1) is 0 Å². The summed E-state index contributed by atoms with van der Waals surface area (Å²) in [5.41, 5.74) is 0.00585. The molecule has 1 saturated carbocycles. The highest BCUT2D eigenvalue weighted by atomic mass is 19.3. The monoisotopic (exact) mass is 369 g/mol. The molecule has 1 aromatic carbocycles. The summed E-state index contributed by atoms with van der Waals surface area (Å²) in [4.78, 5) is 0. The number of benzene rings is 1. The first-order valence-corrected chi connectivity index (χ1v) is 8.63. The van der Waals surface area contributed by atoms with Crippen LogP contribution in [-0.2, 0) is 9.47 Å². The van der Waals surface area contributed by atoms with Crippen LogP contribution in [0.3, 0.4) is 0 Å². The fraction of sp³-hybridized carbons (Fsp3) is 0.526. The maximum atomic E-state index is 13.8. The summed E-state index contributed by atoms with van der Waals surface area (Å²) >= 11 is 0. The molecule has 0 radical (unpaired) electrons. The summed E-state index contributed by atoms with van der Waals surface area (Å²) in [5, 5.41) is 8.74. The lowest BCUT2D eigenvalue weighted by molar-refractivity contribution is -0.222. The Morgan fingerprint density at radius 1 is 1.04 bits per heavy atom. The first-order chi connectivity index (χ1) is 12.5. The molecule has 0 unspecified atom stereocenters. The predicted octanol–water partition coefficient (Wildman–Crippen LogP) is 4.88. The number of ether oxygens (including phenoxy) is 2. The Morgan fingerprint density at radius 3 is 2.12 bits per heavy atom. The van der Waals surface area contributed by atoms with E-state index in [1.54, 1.807) is 0 Å². The molecule has 0 spiro atoms. The third-order valence-electron chi connectivity index (χ3n) is 5.12. The van der Waals surface area contributed by atoms with Crippen molar-refractivity contribution in [3.63, 3.8) is 0 Å². The molecule has 1 aliphatic carbocycles. The zero-order valence-corrected chi connectivity index (χ0v) is 14.1. The Morgan fingerprint density at radius 2 is 1.62 bits per heavy atom. The minimum atomic E-state index is -1.73. The average Bonchev–Trinajstić information content (AvgIpc) is 2.62. The first kappa shape index (κ1) is 18.9. The second kappa shape index (κ2) is 8.19. The van der Waals surface area contributed by atoms with Crippen molar-refractivity contribution in [1.29, 1.82) is 5.26 Å². The zero-order chi connectivity index (χ0) is 18.7. The Kier molecular flexibility index (Phi) is 5.94. The molecule has 0 atom stereocenters. The van der Waals surface area contributed by atoms with Crippen molar-refractivity contribution in [2.75, 3.05) is 13.2 Å². The third kappa shape index (κ3) is 4.25. The quantitative estimate of drug-likeness (QED) is 0.713. The van der Waals surface area contributed by atoms with Crippen LogP contribution in [0.2, 0.25) is 0 Å². The van der Waals surface area contributed by atoms with Gasteiger partial charge >= 0.3 is 0 Å². The van der Waals surface area contributed by atoms with E-state index in [-0.39, 0.29) is 25.0 Å². The van der Waals surface area contributed by atoms with Crippen molar-refractivity contribution in [3.8, 4) is 6.07 Å². The van der Waals surface area contributed by atoms with Crippen molar-refractivity contribution < 1.29 is 27.0 Å². The van der Waals surface area contributed by atoms with E-state index in [9.17, 15) is 17.6 Å². The standard InChI is InChI=1S/C19H19F4NO2/c20-16-6-14(7-17(21)15(16)8-24)12-1-3-13(4-2-12)19-25-9-11(10-26-19)5-18(22)23/h5-7,11-13,19H,1-4,9-10H2. The van der Waals surface area contributed by atoms with Gasteiger partial charge in [0, 0.05) is 11.8 Å². The van der Waals surface area contributed by atoms with Crippen LogP contribution < -0.4 is 0 Å². The zero-order valence-electron chi connectivity index (χ0n) is 14.1. The van der Waals surface area contributed by atoms with E-state index in [0.29, 0.717) is 5.56 Å². The molecule has 140 valence electrons. The number of nitriles is 1. The molecule has 7 heteroatoms. The van der Waals surface area contributed by atoms with Gasteiger partial charge in [-0.05, 0) is 55.4 Å². The van der Waals surface area contributed by atoms with E-state index in [1.807, 2.05) is 0 Å². The van der Waals surface area contributed by atoms with Gasteiger partial charge in [-0.3, -0.25) is 0 Å². The smallest absolute Gasteiger partial charge is 0.266 e. The number of hydrogen-bond donors (Lipinski definition) is 0. The number of halogens is 4. The van der Waals surface area contributed by atoms with Crippen LogP contribution in [0.1, 0.15) is 42.7 Å². The normalized spacial score (nSPS) is 29.0. The highest BCUT2D eigenvalue weighted by Crippen LogP contribution is 2.39. The molecule has 0 bridgehead atoms. The minimum absolute atomic E-state index is 0.0166. The molecule has 2 aliphatic rings. The topological polar surface area (TPSA) is 42.2 Å². The van der Waals surface area contributed by atoms with Crippen LogP contribution in [0.25, 0.3) is 0 Å². The fourth-order valence-electron chi connectivity index (χ4n) is 3.74. The summed E-state index contributed by atoms with van der Waals surface area (Å²) in [6, 6.07) is 4.00. The summed E-state index contributed by atoms with van der Waals surface area (Å²) in [7, 11) is 0. The molecule has 1 aliphatic heterocycles. The van der Waals surface area contributed by atoms with Crippen molar-refractivity contribution in [2.45, 2.75) is 37.9 Å². The van der Waals surface area contributed by atoms with Crippen LogP contribution >= 0.6 is 0 Å². The summed E-state index contributed by atoms with van der Waals surface area (Å²) in [5.74, 6) is -1.94. The largest absolute Gasteiger partial charge is 0.352 e. The number of rotatable bonds is 3. The maximum absolute atomic E-state index is 13.8. The molecule has 0 aromatic heterocycles. The third-order valence-corrected chi connectivity index (χ3v) is 5.12. The first-order valence-electron chi connectivity index (χ1n) is 8.63. The van der Waals surface area contributed by atoms with Gasteiger partial charge in [0.1, 0.15) is 23.3 Å². The lowest BCUT2D eigenvalue weighted by Crippen LogP contribution is -2.37. The highest BCUT2D eigenvalue weighted by molar-refractivity contribution is 5.36. The van der Waals surface area contributed by atoms with Gasteiger partial charge in [0.05, 0.1) is 13.2 Å². The molecule has 1 heterocycles. The van der Waals surface area contributed by atoms with Crippen LogP contribution in [0.5, 0.6) is 0 Å². The van der Waals surface area contributed by atoms with Crippen molar-refractivity contribution >= 4 is 0 Å². The van der Waals surface area contributed by atoms with Gasteiger partial charge in [-0.1, -0.05) is 0 Å². The predicted molar refractivity (Wildman–Crippen MR) is 85.3 cm³/mol. The molecular formula is C19H19F4NO2. The molecule has 26 heavy (non-hydrogen) atoms. The average molecular weight is 369 g/mol. The Bertz CT molecular complexity index is 688. The van der Waals surface area contributed by atoms with Crippen LogP contribution in [-0.4, -0.2) is 19.5 Å². The van der Waals surface area contributed by atoms with Gasteiger partial charge in [-0.2, -0.15) is 14.0 Å². The Hall–Kier alpha value is -1.91. The SMILES string of the molecule is N#Cc1c(F)cc(C2CCC(C3OCC(C=C(F)F)CO3)CC2)cc1F. The van der Waals surface area contributed by atoms with E-state index < -0.39 is 35.5 Å². The summed E-state index contributed by atoms with van der Waals surface area (Å²) < 4.78 is 63.3. The molecule has 0 N–H and O–H groups in total. The van der Waals surface area contributed by atoms with Crippen molar-refractivity contribution in [1.82, 2.24) is 0 Å². The van der Waals surface area contributed by atoms with Gasteiger partial charge < -0.3 is 9.47 Å². The van der Waals surface area contributed by atoms with E-state index in [1.165, 1.54) is 18.2 Å². The van der Waals surface area contributed by atoms with E-state index in [4.69, 9.17) is 14.7 Å². The summed E-state index contributed by atoms with van der Waals surface area (Å²) in [6.45, 7) is 0.405. The molecule has 3 nitrogen and oxygen atoms in total. The van der Waals surface area contributed by atoms with Crippen molar-refractivity contribution in [2.24, 2.45) is 11.8 Å². The minimum Gasteiger partial charge on any atom is -0.352 e. The summed E-state index contributed by atoms with van der Waals surface area (Å²) in [6.07, 6.45) is 1.66. The second-order valence-corrected chi connectivity index (χ2v) is 6.83. The number of nitrogens with zero attached hydrogens (tertiary/aromatic N) is 1. The van der Waals surface area contributed by atoms with Crippen LogP contribution in [0, 0.1) is 34.8 Å². The highest BCUT2D eigenvalue weighted by Gasteiger charge is 2.33. The van der Waals surface area contributed by atoms with E-state index >= 15 is 0 Å². The Labute approximate surface area is 149 Å². The van der Waals surface area contributed by atoms with E-state index in [0.717, 1.165) is 31.8 Å². The molecular weight excluding hydrogens is 350 g/mol. The molecule has 2 fully saturated rings. The van der Waals surface area contributed by atoms with Crippen LogP contribution in [0.4, 0.5) is 17.6 Å². The molecule has 1 aromatic rings. The second-order valence-electron chi connectivity index (χ2n) is 6.83. The van der Waals surface area contributed by atoms with Gasteiger partial charge in [0.2, 0.25) is 0 Å². The lowest BCUT2D eigenvalue weighted by Gasteiger charge is -2.37. The Balaban J connectivity index is 1.55. The molecule has 1 saturated heterocycles. The van der Waals surface area contributed by atoms with Gasteiger partial charge in [-0.25, -0.2) is 8.78 Å². The molecule has 3 rings (SSSR count). The van der Waals surface area contributed by atoms with Crippen LogP contribution in [0.15, 0.2) is 24.3 Å². The molecule has 0 amide bonds. The van der Waals surface area contributed by atoms with E-state index in [2.05, 4.69) is 0 Å². The van der Waals surface area contributed by atoms with Crippen molar-refractivity contribution in [3.05, 3.63) is 47.1 Å². The fourth-order valence-corrected chi connectivity index (χ4v) is 3.74. The maximum Gasteiger partial charge on any atom is 0.266 e.